The molecule has 5 rings (SSSR count). The van der Waals surface area contributed by atoms with Crippen LogP contribution in [0, 0.1) is 0 Å². The molecule has 0 saturated carbocycles. The Morgan fingerprint density at radius 2 is 1.56 bits per heavy atom. The first-order valence-corrected chi connectivity index (χ1v) is 13.5. The topological polar surface area (TPSA) is 77.8 Å². The molecule has 0 saturated heterocycles. The Morgan fingerprint density at radius 1 is 0.806 bits per heavy atom. The first-order chi connectivity index (χ1) is 17.4. The van der Waals surface area contributed by atoms with E-state index < -0.39 is 10.0 Å². The van der Waals surface area contributed by atoms with Crippen LogP contribution in [0.15, 0.2) is 97.1 Å². The number of fused-ring (bicyclic) bond motifs is 3. The van der Waals surface area contributed by atoms with Gasteiger partial charge >= 0.3 is 0 Å². The van der Waals surface area contributed by atoms with Crippen molar-refractivity contribution in [3.05, 3.63) is 108 Å². The second-order valence-corrected chi connectivity index (χ2v) is 10.8. The van der Waals surface area contributed by atoms with Crippen LogP contribution < -0.4 is 4.31 Å². The van der Waals surface area contributed by atoms with Crippen molar-refractivity contribution in [1.29, 1.82) is 0 Å². The molecule has 0 spiro atoms. The number of phenols is 2. The predicted octanol–water partition coefficient (Wildman–Crippen LogP) is 6.75. The number of hydrogen-bond donors (Lipinski definition) is 2. The van der Waals surface area contributed by atoms with E-state index in [0.29, 0.717) is 12.1 Å². The number of sulfonamides is 1. The molecule has 2 N–H and O–H groups in total. The summed E-state index contributed by atoms with van der Waals surface area (Å²) in [7, 11) is -3.71. The number of benzene rings is 4. The van der Waals surface area contributed by atoms with Crippen molar-refractivity contribution in [3.63, 3.8) is 0 Å². The van der Waals surface area contributed by atoms with Gasteiger partial charge in [0.05, 0.1) is 17.5 Å². The van der Waals surface area contributed by atoms with Crippen molar-refractivity contribution < 1.29 is 18.6 Å². The Hall–Kier alpha value is -4.03. The van der Waals surface area contributed by atoms with Crippen LogP contribution in [0.5, 0.6) is 11.5 Å². The van der Waals surface area contributed by atoms with Crippen LogP contribution >= 0.6 is 0 Å². The zero-order chi connectivity index (χ0) is 25.3. The molecule has 0 fully saturated rings. The summed E-state index contributed by atoms with van der Waals surface area (Å²) < 4.78 is 29.1. The largest absolute Gasteiger partial charge is 0.508 e. The number of hydrogen-bond acceptors (Lipinski definition) is 4. The molecule has 182 valence electrons. The lowest BCUT2D eigenvalue weighted by Gasteiger charge is -2.39. The molecule has 4 aromatic carbocycles. The van der Waals surface area contributed by atoms with E-state index in [4.69, 9.17) is 0 Å². The first-order valence-electron chi connectivity index (χ1n) is 11.9. The smallest absolute Gasteiger partial charge is 0.239 e. The molecule has 0 bridgehead atoms. The summed E-state index contributed by atoms with van der Waals surface area (Å²) in [6, 6.07) is 27.1. The maximum absolute atomic E-state index is 13.8. The average molecular weight is 498 g/mol. The molecule has 4 aromatic rings. The lowest BCUT2D eigenvalue weighted by molar-refractivity contribution is 0.475. The van der Waals surface area contributed by atoms with Crippen molar-refractivity contribution >= 4 is 21.8 Å². The van der Waals surface area contributed by atoms with Gasteiger partial charge in [-0.1, -0.05) is 73.7 Å². The standard InChI is InChI=1S/C30H27NO4S/c1-2-29-27-11-4-3-10-26(27)28-20-23(22-8-5-9-25(33)19-22)14-17-30(28)31(29)36(34,35)18-6-7-21-12-15-24(32)16-13-21/h3-17,19-20,29,32-33H,2,18H2,1H3. The molecule has 0 radical (unpaired) electrons. The third kappa shape index (κ3) is 4.48. The molecule has 1 unspecified atom stereocenters. The fraction of sp³-hybridized carbons (Fsp3) is 0.133. The van der Waals surface area contributed by atoms with Crippen molar-refractivity contribution in [1.82, 2.24) is 0 Å². The van der Waals surface area contributed by atoms with E-state index in [2.05, 4.69) is 0 Å². The van der Waals surface area contributed by atoms with E-state index >= 15 is 0 Å². The van der Waals surface area contributed by atoms with Crippen LogP contribution in [0.2, 0.25) is 0 Å². The zero-order valence-electron chi connectivity index (χ0n) is 19.9. The summed E-state index contributed by atoms with van der Waals surface area (Å²) in [4.78, 5) is 0. The van der Waals surface area contributed by atoms with Crippen LogP contribution in [0.4, 0.5) is 5.69 Å². The van der Waals surface area contributed by atoms with E-state index in [1.165, 1.54) is 0 Å². The van der Waals surface area contributed by atoms with Crippen molar-refractivity contribution in [3.8, 4) is 33.8 Å². The predicted molar refractivity (Wildman–Crippen MR) is 145 cm³/mol. The Labute approximate surface area is 211 Å². The molecule has 1 heterocycles. The second kappa shape index (κ2) is 9.55. The molecular formula is C30H27NO4S. The van der Waals surface area contributed by atoms with E-state index in [-0.39, 0.29) is 23.3 Å². The van der Waals surface area contributed by atoms with Crippen LogP contribution in [0.25, 0.3) is 28.3 Å². The maximum Gasteiger partial charge on any atom is 0.239 e. The molecule has 1 aliphatic heterocycles. The van der Waals surface area contributed by atoms with Crippen molar-refractivity contribution in [2.24, 2.45) is 0 Å². The summed E-state index contributed by atoms with van der Waals surface area (Å²) >= 11 is 0. The SMILES string of the molecule is CCC1c2ccccc2-c2cc(-c3cccc(O)c3)ccc2N1S(=O)(=O)CC=Cc1ccc(O)cc1. The molecular weight excluding hydrogens is 470 g/mol. The third-order valence-corrected chi connectivity index (χ3v) is 8.17. The lowest BCUT2D eigenvalue weighted by atomic mass is 9.87. The second-order valence-electron chi connectivity index (χ2n) is 8.86. The van der Waals surface area contributed by atoms with Gasteiger partial charge in [0, 0.05) is 5.56 Å². The molecule has 5 nitrogen and oxygen atoms in total. The van der Waals surface area contributed by atoms with Crippen molar-refractivity contribution in [2.45, 2.75) is 19.4 Å². The Balaban J connectivity index is 1.58. The quantitative estimate of drug-likeness (QED) is 0.309. The molecule has 0 aliphatic carbocycles. The summed E-state index contributed by atoms with van der Waals surface area (Å²) in [5.41, 5.74) is 6.08. The molecule has 0 amide bonds. The van der Waals surface area contributed by atoms with Crippen molar-refractivity contribution in [2.75, 3.05) is 10.1 Å². The lowest BCUT2D eigenvalue weighted by Crippen LogP contribution is -2.38. The van der Waals surface area contributed by atoms with E-state index in [1.807, 2.05) is 55.5 Å². The van der Waals surface area contributed by atoms with Gasteiger partial charge < -0.3 is 10.2 Å². The van der Waals surface area contributed by atoms with Gasteiger partial charge in [0.2, 0.25) is 10.0 Å². The van der Waals surface area contributed by atoms with Gasteiger partial charge in [-0.15, -0.1) is 0 Å². The van der Waals surface area contributed by atoms with Gasteiger partial charge in [0.1, 0.15) is 11.5 Å². The highest BCUT2D eigenvalue weighted by molar-refractivity contribution is 7.93. The van der Waals surface area contributed by atoms with Gasteiger partial charge in [0.25, 0.3) is 0 Å². The highest BCUT2D eigenvalue weighted by Gasteiger charge is 2.36. The first kappa shape index (κ1) is 23.7. The van der Waals surface area contributed by atoms with Crippen LogP contribution in [-0.4, -0.2) is 24.4 Å². The van der Waals surface area contributed by atoms with Gasteiger partial charge in [-0.3, -0.25) is 4.31 Å². The van der Waals surface area contributed by atoms with E-state index in [1.54, 1.807) is 58.9 Å². The van der Waals surface area contributed by atoms with Gasteiger partial charge in [-0.25, -0.2) is 8.42 Å². The monoisotopic (exact) mass is 497 g/mol. The number of anilines is 1. The Morgan fingerprint density at radius 3 is 2.31 bits per heavy atom. The summed E-state index contributed by atoms with van der Waals surface area (Å²) in [6.45, 7) is 2.00. The highest BCUT2D eigenvalue weighted by atomic mass is 32.2. The fourth-order valence-corrected chi connectivity index (χ4v) is 6.45. The molecule has 0 aromatic heterocycles. The van der Waals surface area contributed by atoms with Crippen LogP contribution in [0.3, 0.4) is 0 Å². The zero-order valence-corrected chi connectivity index (χ0v) is 20.7. The minimum atomic E-state index is -3.71. The normalized spacial score (nSPS) is 15.0. The van der Waals surface area contributed by atoms with Gasteiger partial charge in [-0.2, -0.15) is 0 Å². The number of nitrogens with zero attached hydrogens (tertiary/aromatic N) is 1. The van der Waals surface area contributed by atoms with Crippen LogP contribution in [0.1, 0.15) is 30.5 Å². The fourth-order valence-electron chi connectivity index (χ4n) is 4.84. The Kier molecular flexibility index (Phi) is 6.29. The minimum absolute atomic E-state index is 0.152. The molecule has 6 heteroatoms. The summed E-state index contributed by atoms with van der Waals surface area (Å²) in [5.74, 6) is 0.195. The Bertz CT molecular complexity index is 1540. The minimum Gasteiger partial charge on any atom is -0.508 e. The molecule has 1 aliphatic rings. The van der Waals surface area contributed by atoms with E-state index in [0.717, 1.165) is 33.4 Å². The highest BCUT2D eigenvalue weighted by Crippen LogP contribution is 2.48. The third-order valence-electron chi connectivity index (χ3n) is 6.50. The molecule has 36 heavy (non-hydrogen) atoms. The molecule has 1 atom stereocenters. The summed E-state index contributed by atoms with van der Waals surface area (Å²) in [5, 5.41) is 19.4. The number of aromatic hydroxyl groups is 2. The number of rotatable bonds is 6. The van der Waals surface area contributed by atoms with Crippen LogP contribution in [-0.2, 0) is 10.0 Å². The number of phenolic OH excluding ortho intramolecular Hbond substituents is 2. The summed E-state index contributed by atoms with van der Waals surface area (Å²) in [6.07, 6.45) is 4.03. The van der Waals surface area contributed by atoms with Gasteiger partial charge in [0.15, 0.2) is 0 Å². The maximum atomic E-state index is 13.8. The average Bonchev–Trinajstić information content (AvgIpc) is 2.88. The van der Waals surface area contributed by atoms with Gasteiger partial charge in [-0.05, 0) is 70.6 Å². The van der Waals surface area contributed by atoms with E-state index in [9.17, 15) is 18.6 Å².